The summed E-state index contributed by atoms with van der Waals surface area (Å²) in [6.07, 6.45) is 5.07. The van der Waals surface area contributed by atoms with Gasteiger partial charge < -0.3 is 15.5 Å². The largest absolute Gasteiger partial charge is 0.353 e. The quantitative estimate of drug-likeness (QED) is 0.786. The van der Waals surface area contributed by atoms with E-state index in [1.165, 1.54) is 0 Å². The molecule has 1 aliphatic carbocycles. The molecule has 1 saturated carbocycles. The van der Waals surface area contributed by atoms with Gasteiger partial charge in [-0.05, 0) is 53.4 Å². The van der Waals surface area contributed by atoms with E-state index >= 15 is 0 Å². The van der Waals surface area contributed by atoms with Gasteiger partial charge in [0.2, 0.25) is 5.91 Å². The lowest BCUT2D eigenvalue weighted by atomic mass is 9.94. The average molecular weight is 440 g/mol. The predicted molar refractivity (Wildman–Crippen MR) is 105 cm³/mol. The molecule has 24 heavy (non-hydrogen) atoms. The number of pyridine rings is 1. The fourth-order valence-corrected chi connectivity index (χ4v) is 3.82. The van der Waals surface area contributed by atoms with Crippen LogP contribution in [0.3, 0.4) is 0 Å². The van der Waals surface area contributed by atoms with Crippen molar-refractivity contribution in [3.8, 4) is 0 Å². The highest BCUT2D eigenvalue weighted by atomic mass is 79.9. The van der Waals surface area contributed by atoms with Crippen LogP contribution in [0.1, 0.15) is 19.3 Å². The number of carbonyl (C=O) groups excluding carboxylic acids is 1. The normalized spacial score (nSPS) is 23.4. The Morgan fingerprint density at radius 2 is 1.92 bits per heavy atom. The van der Waals surface area contributed by atoms with Crippen LogP contribution in [-0.4, -0.2) is 48.5 Å². The zero-order valence-electron chi connectivity index (χ0n) is 13.6. The van der Waals surface area contributed by atoms with Crippen LogP contribution < -0.4 is 10.6 Å². The maximum atomic E-state index is 12.7. The summed E-state index contributed by atoms with van der Waals surface area (Å²) in [5.41, 5.74) is 5.81. The Kier molecular flexibility index (Phi) is 8.77. The number of hydrogen-bond donors (Lipinski definition) is 1. The molecule has 2 aliphatic rings. The van der Waals surface area contributed by atoms with Gasteiger partial charge >= 0.3 is 0 Å². The van der Waals surface area contributed by atoms with E-state index in [0.717, 1.165) is 55.7 Å². The number of halogens is 3. The smallest absolute Gasteiger partial charge is 0.226 e. The molecule has 2 heterocycles. The summed E-state index contributed by atoms with van der Waals surface area (Å²) in [7, 11) is 0. The molecular formula is C16H25BrCl2N4O. The fourth-order valence-electron chi connectivity index (χ4n) is 3.59. The van der Waals surface area contributed by atoms with Crippen molar-refractivity contribution in [1.29, 1.82) is 0 Å². The van der Waals surface area contributed by atoms with Crippen LogP contribution in [0.25, 0.3) is 0 Å². The lowest BCUT2D eigenvalue weighted by Crippen LogP contribution is -2.51. The Balaban J connectivity index is 0.00000144. The van der Waals surface area contributed by atoms with Crippen LogP contribution in [0.5, 0.6) is 0 Å². The summed E-state index contributed by atoms with van der Waals surface area (Å²) in [5.74, 6) is 1.84. The van der Waals surface area contributed by atoms with Crippen molar-refractivity contribution >= 4 is 52.5 Å². The molecule has 136 valence electrons. The molecule has 2 atom stereocenters. The first kappa shape index (κ1) is 21.5. The molecule has 0 bridgehead atoms. The van der Waals surface area contributed by atoms with Crippen molar-refractivity contribution in [2.75, 3.05) is 37.6 Å². The SMILES string of the molecule is Cl.Cl.NC[C@H]1CCC[C@H]1C(=O)N1CCN(c2ccc(Br)cn2)CC1. The third-order valence-corrected chi connectivity index (χ3v) is 5.38. The van der Waals surface area contributed by atoms with Crippen molar-refractivity contribution < 1.29 is 4.79 Å². The highest BCUT2D eigenvalue weighted by Gasteiger charge is 2.35. The Bertz CT molecular complexity index is 523. The predicted octanol–water partition coefficient (Wildman–Crippen LogP) is 2.71. The standard InChI is InChI=1S/C16H23BrN4O.2ClH/c17-13-4-5-15(19-11-13)20-6-8-21(9-7-20)16(22)14-3-1-2-12(14)10-18;;/h4-5,11-12,14H,1-3,6-10,18H2;2*1H/t12-,14-;;/m1../s1. The minimum Gasteiger partial charge on any atom is -0.353 e. The molecule has 2 fully saturated rings. The summed E-state index contributed by atoms with van der Waals surface area (Å²) in [6.45, 7) is 3.90. The molecule has 3 rings (SSSR count). The molecule has 1 aliphatic heterocycles. The molecule has 0 radical (unpaired) electrons. The third kappa shape index (κ3) is 4.75. The summed E-state index contributed by atoms with van der Waals surface area (Å²) >= 11 is 3.40. The highest BCUT2D eigenvalue weighted by molar-refractivity contribution is 9.10. The van der Waals surface area contributed by atoms with Crippen LogP contribution in [0.2, 0.25) is 0 Å². The Morgan fingerprint density at radius 3 is 2.50 bits per heavy atom. The van der Waals surface area contributed by atoms with Crippen LogP contribution in [0.15, 0.2) is 22.8 Å². The maximum absolute atomic E-state index is 12.7. The van der Waals surface area contributed by atoms with E-state index < -0.39 is 0 Å². The number of nitrogens with two attached hydrogens (primary N) is 1. The summed E-state index contributed by atoms with van der Waals surface area (Å²) in [4.78, 5) is 21.4. The van der Waals surface area contributed by atoms with E-state index in [-0.39, 0.29) is 30.7 Å². The zero-order chi connectivity index (χ0) is 15.5. The van der Waals surface area contributed by atoms with Crippen molar-refractivity contribution in [3.05, 3.63) is 22.8 Å². The third-order valence-electron chi connectivity index (χ3n) is 4.91. The number of amides is 1. The number of rotatable bonds is 3. The zero-order valence-corrected chi connectivity index (χ0v) is 16.8. The van der Waals surface area contributed by atoms with Gasteiger partial charge in [-0.1, -0.05) is 6.42 Å². The van der Waals surface area contributed by atoms with Gasteiger partial charge in [-0.2, -0.15) is 0 Å². The Morgan fingerprint density at radius 1 is 1.21 bits per heavy atom. The number of hydrogen-bond acceptors (Lipinski definition) is 4. The van der Waals surface area contributed by atoms with Gasteiger partial charge in [0.05, 0.1) is 0 Å². The van der Waals surface area contributed by atoms with Crippen LogP contribution in [0.4, 0.5) is 5.82 Å². The van der Waals surface area contributed by atoms with Crippen molar-refractivity contribution in [2.45, 2.75) is 19.3 Å². The Hall–Kier alpha value is -0.560. The van der Waals surface area contributed by atoms with Gasteiger partial charge in [0.25, 0.3) is 0 Å². The van der Waals surface area contributed by atoms with Gasteiger partial charge in [0, 0.05) is 42.8 Å². The fraction of sp³-hybridized carbons (Fsp3) is 0.625. The first-order valence-corrected chi connectivity index (χ1v) is 8.83. The molecule has 2 N–H and O–H groups in total. The minimum atomic E-state index is 0. The second-order valence-corrected chi connectivity index (χ2v) is 7.10. The first-order valence-electron chi connectivity index (χ1n) is 8.04. The number of anilines is 1. The molecule has 1 saturated heterocycles. The van der Waals surface area contributed by atoms with Crippen molar-refractivity contribution in [2.24, 2.45) is 17.6 Å². The van der Waals surface area contributed by atoms with Gasteiger partial charge in [-0.3, -0.25) is 4.79 Å². The number of nitrogens with zero attached hydrogens (tertiary/aromatic N) is 3. The first-order chi connectivity index (χ1) is 10.7. The highest BCUT2D eigenvalue weighted by Crippen LogP contribution is 2.32. The average Bonchev–Trinajstić information content (AvgIpc) is 3.04. The molecule has 0 aromatic carbocycles. The number of carbonyl (C=O) groups is 1. The van der Waals surface area contributed by atoms with Crippen molar-refractivity contribution in [3.63, 3.8) is 0 Å². The molecule has 0 unspecified atom stereocenters. The molecule has 1 amide bonds. The minimum absolute atomic E-state index is 0. The Labute approximate surface area is 164 Å². The molecule has 1 aromatic heterocycles. The van der Waals surface area contributed by atoms with E-state index in [4.69, 9.17) is 5.73 Å². The summed E-state index contributed by atoms with van der Waals surface area (Å²) < 4.78 is 0.985. The molecule has 8 heteroatoms. The van der Waals surface area contributed by atoms with Crippen LogP contribution in [-0.2, 0) is 4.79 Å². The summed E-state index contributed by atoms with van der Waals surface area (Å²) in [5, 5.41) is 0. The lowest BCUT2D eigenvalue weighted by Gasteiger charge is -2.37. The van der Waals surface area contributed by atoms with Crippen molar-refractivity contribution in [1.82, 2.24) is 9.88 Å². The number of piperazine rings is 1. The second-order valence-electron chi connectivity index (χ2n) is 6.18. The molecule has 5 nitrogen and oxygen atoms in total. The second kappa shape index (κ2) is 9.80. The number of aromatic nitrogens is 1. The van der Waals surface area contributed by atoms with E-state index in [1.54, 1.807) is 0 Å². The monoisotopic (exact) mass is 438 g/mol. The van der Waals surface area contributed by atoms with E-state index in [0.29, 0.717) is 18.4 Å². The van der Waals surface area contributed by atoms with Crippen LogP contribution >= 0.6 is 40.7 Å². The summed E-state index contributed by atoms with van der Waals surface area (Å²) in [6, 6.07) is 4.02. The lowest BCUT2D eigenvalue weighted by molar-refractivity contribution is -0.136. The molecule has 0 spiro atoms. The van der Waals surface area contributed by atoms with E-state index in [1.807, 2.05) is 23.2 Å². The van der Waals surface area contributed by atoms with E-state index in [9.17, 15) is 4.79 Å². The van der Waals surface area contributed by atoms with E-state index in [2.05, 4.69) is 25.8 Å². The molecular weight excluding hydrogens is 415 g/mol. The molecule has 1 aromatic rings. The topological polar surface area (TPSA) is 62.5 Å². The van der Waals surface area contributed by atoms with Gasteiger partial charge in [0.15, 0.2) is 0 Å². The van der Waals surface area contributed by atoms with Gasteiger partial charge in [-0.25, -0.2) is 4.98 Å². The van der Waals surface area contributed by atoms with Gasteiger partial charge in [0.1, 0.15) is 5.82 Å². The maximum Gasteiger partial charge on any atom is 0.226 e. The van der Waals surface area contributed by atoms with Gasteiger partial charge in [-0.15, -0.1) is 24.8 Å². The van der Waals surface area contributed by atoms with Crippen LogP contribution in [0, 0.1) is 11.8 Å².